The Kier molecular flexibility index (Phi) is 5.08. The molecule has 0 bridgehead atoms. The normalized spacial score (nSPS) is 20.9. The largest absolute Gasteiger partial charge is 0.748 e. The van der Waals surface area contributed by atoms with Crippen LogP contribution < -0.4 is 0 Å². The second-order valence-corrected chi connectivity index (χ2v) is 6.61. The molecule has 0 aromatic carbocycles. The molecule has 0 radical (unpaired) electrons. The van der Waals surface area contributed by atoms with E-state index in [0.29, 0.717) is 30.7 Å². The fourth-order valence-electron chi connectivity index (χ4n) is 2.28. The van der Waals surface area contributed by atoms with Crippen molar-refractivity contribution in [3.63, 3.8) is 0 Å². The molecule has 0 saturated carbocycles. The van der Waals surface area contributed by atoms with Crippen LogP contribution in [0.3, 0.4) is 0 Å². The molecule has 0 aromatic rings. The van der Waals surface area contributed by atoms with Crippen LogP contribution in [0.1, 0.15) is 0 Å². The summed E-state index contributed by atoms with van der Waals surface area (Å²) in [4.78, 5) is 13.1. The Hall–Kier alpha value is -0.960. The van der Waals surface area contributed by atoms with Gasteiger partial charge in [0.2, 0.25) is 5.91 Å². The molecule has 19 heavy (non-hydrogen) atoms. The summed E-state index contributed by atoms with van der Waals surface area (Å²) in [5.74, 6) is -0.898. The van der Waals surface area contributed by atoms with Gasteiger partial charge in [-0.05, 0) is 6.08 Å². The van der Waals surface area contributed by atoms with Gasteiger partial charge in [-0.1, -0.05) is 6.58 Å². The summed E-state index contributed by atoms with van der Waals surface area (Å²) in [5.41, 5.74) is 0. The van der Waals surface area contributed by atoms with E-state index in [9.17, 15) is 22.9 Å². The molecule has 1 atom stereocenters. The first-order chi connectivity index (χ1) is 8.65. The van der Waals surface area contributed by atoms with E-state index >= 15 is 0 Å². The number of aliphatic hydroxyl groups is 1. The molecular weight excluding hydrogens is 272 g/mol. The van der Waals surface area contributed by atoms with Crippen LogP contribution in [0, 0.1) is 0 Å². The molecule has 1 amide bonds. The number of aliphatic hydroxyl groups excluding tert-OH is 1. The van der Waals surface area contributed by atoms with E-state index < -0.39 is 22.0 Å². The smallest absolute Gasteiger partial charge is 0.246 e. The Bertz CT molecular complexity index is 440. The maximum absolute atomic E-state index is 11.4. The minimum absolute atomic E-state index is 0.131. The van der Waals surface area contributed by atoms with E-state index in [1.165, 1.54) is 6.08 Å². The van der Waals surface area contributed by atoms with Crippen LogP contribution in [0.2, 0.25) is 0 Å². The maximum Gasteiger partial charge on any atom is 0.246 e. The number of quaternary nitrogens is 1. The monoisotopic (exact) mass is 292 g/mol. The van der Waals surface area contributed by atoms with Gasteiger partial charge in [0, 0.05) is 0 Å². The fraction of sp³-hybridized carbons (Fsp3) is 0.727. The zero-order valence-electron chi connectivity index (χ0n) is 11.0. The number of carbonyl (C=O) groups is 1. The van der Waals surface area contributed by atoms with Crippen molar-refractivity contribution in [3.8, 4) is 0 Å². The number of amides is 1. The second-order valence-electron chi connectivity index (χ2n) is 5.16. The summed E-state index contributed by atoms with van der Waals surface area (Å²) >= 11 is 0. The van der Waals surface area contributed by atoms with Gasteiger partial charge in [0.05, 0.1) is 49.1 Å². The maximum atomic E-state index is 11.4. The minimum atomic E-state index is -4.42. The average molecular weight is 292 g/mol. The molecule has 8 heteroatoms. The van der Waals surface area contributed by atoms with Crippen LogP contribution in [-0.2, 0) is 14.9 Å². The minimum Gasteiger partial charge on any atom is -0.748 e. The third-order valence-corrected chi connectivity index (χ3v) is 4.15. The molecule has 1 N–H and O–H groups in total. The van der Waals surface area contributed by atoms with Crippen molar-refractivity contribution in [2.24, 2.45) is 0 Å². The van der Waals surface area contributed by atoms with E-state index in [1.54, 1.807) is 4.90 Å². The Morgan fingerprint density at radius 3 is 2.47 bits per heavy atom. The summed E-state index contributed by atoms with van der Waals surface area (Å²) in [7, 11) is -2.55. The lowest BCUT2D eigenvalue weighted by molar-refractivity contribution is -0.915. The SMILES string of the molecule is C=CC(=O)N1CC[N+](C)(CC(O)CS(=O)(=O)[O-])CC1. The van der Waals surface area contributed by atoms with Crippen molar-refractivity contribution in [1.82, 2.24) is 4.90 Å². The zero-order valence-corrected chi connectivity index (χ0v) is 11.8. The number of likely N-dealkylation sites (N-methyl/N-ethyl adjacent to an activating group) is 1. The molecule has 7 nitrogen and oxygen atoms in total. The second kappa shape index (κ2) is 6.00. The van der Waals surface area contributed by atoms with E-state index in [1.807, 2.05) is 7.05 Å². The Morgan fingerprint density at radius 2 is 2.05 bits per heavy atom. The van der Waals surface area contributed by atoms with Crippen molar-refractivity contribution < 1.29 is 27.4 Å². The third kappa shape index (κ3) is 5.27. The van der Waals surface area contributed by atoms with Crippen molar-refractivity contribution in [3.05, 3.63) is 12.7 Å². The molecule has 1 unspecified atom stereocenters. The summed E-state index contributed by atoms with van der Waals surface area (Å²) in [6.45, 7) is 5.88. The fourth-order valence-corrected chi connectivity index (χ4v) is 2.85. The van der Waals surface area contributed by atoms with Gasteiger partial charge in [-0.2, -0.15) is 0 Å². The summed E-state index contributed by atoms with van der Waals surface area (Å²) < 4.78 is 32.2. The van der Waals surface area contributed by atoms with Gasteiger partial charge in [-0.25, -0.2) is 8.42 Å². The predicted octanol–water partition coefficient (Wildman–Crippen LogP) is -1.63. The molecular formula is C11H20N2O5S. The van der Waals surface area contributed by atoms with E-state index in [-0.39, 0.29) is 12.5 Å². The molecule has 0 aliphatic carbocycles. The van der Waals surface area contributed by atoms with Gasteiger partial charge < -0.3 is 19.0 Å². The van der Waals surface area contributed by atoms with Crippen LogP contribution >= 0.6 is 0 Å². The van der Waals surface area contributed by atoms with Crippen molar-refractivity contribution in [2.75, 3.05) is 45.5 Å². The summed E-state index contributed by atoms with van der Waals surface area (Å²) in [5, 5.41) is 9.63. The van der Waals surface area contributed by atoms with E-state index in [0.717, 1.165) is 0 Å². The van der Waals surface area contributed by atoms with Crippen molar-refractivity contribution in [1.29, 1.82) is 0 Å². The Morgan fingerprint density at radius 1 is 1.53 bits per heavy atom. The summed E-state index contributed by atoms with van der Waals surface area (Å²) in [6, 6.07) is 0. The van der Waals surface area contributed by atoms with Crippen molar-refractivity contribution in [2.45, 2.75) is 6.10 Å². The highest BCUT2D eigenvalue weighted by atomic mass is 32.2. The van der Waals surface area contributed by atoms with Crippen LogP contribution in [0.4, 0.5) is 0 Å². The van der Waals surface area contributed by atoms with Gasteiger partial charge in [0.15, 0.2) is 0 Å². The Labute approximate surface area is 113 Å². The molecule has 1 aliphatic rings. The highest BCUT2D eigenvalue weighted by molar-refractivity contribution is 7.85. The van der Waals surface area contributed by atoms with E-state index in [4.69, 9.17) is 0 Å². The van der Waals surface area contributed by atoms with Gasteiger partial charge in [-0.3, -0.25) is 4.79 Å². The lowest BCUT2D eigenvalue weighted by Crippen LogP contribution is -2.60. The predicted molar refractivity (Wildman–Crippen MR) is 68.1 cm³/mol. The highest BCUT2D eigenvalue weighted by Gasteiger charge is 2.32. The first kappa shape index (κ1) is 16.1. The summed E-state index contributed by atoms with van der Waals surface area (Å²) in [6.07, 6.45) is 0.0864. The number of hydrogen-bond donors (Lipinski definition) is 1. The first-order valence-corrected chi connectivity index (χ1v) is 7.59. The average Bonchev–Trinajstić information content (AvgIpc) is 2.25. The lowest BCUT2D eigenvalue weighted by atomic mass is 10.2. The van der Waals surface area contributed by atoms with Gasteiger partial charge in [0.25, 0.3) is 0 Å². The molecule has 1 fully saturated rings. The number of nitrogens with zero attached hydrogens (tertiary/aromatic N) is 2. The zero-order chi connectivity index (χ0) is 14.7. The molecule has 1 saturated heterocycles. The van der Waals surface area contributed by atoms with Crippen LogP contribution in [0.15, 0.2) is 12.7 Å². The topological polar surface area (TPSA) is 97.7 Å². The van der Waals surface area contributed by atoms with Crippen LogP contribution in [0.25, 0.3) is 0 Å². The lowest BCUT2D eigenvalue weighted by Gasteiger charge is -2.42. The number of hydrogen-bond acceptors (Lipinski definition) is 5. The van der Waals surface area contributed by atoms with Crippen LogP contribution in [-0.4, -0.2) is 85.0 Å². The van der Waals surface area contributed by atoms with E-state index in [2.05, 4.69) is 6.58 Å². The number of piperazine rings is 1. The quantitative estimate of drug-likeness (QED) is 0.373. The molecule has 1 aliphatic heterocycles. The molecule has 0 aromatic heterocycles. The van der Waals surface area contributed by atoms with Crippen LogP contribution in [0.5, 0.6) is 0 Å². The van der Waals surface area contributed by atoms with Crippen molar-refractivity contribution >= 4 is 16.0 Å². The van der Waals surface area contributed by atoms with Gasteiger partial charge >= 0.3 is 0 Å². The highest BCUT2D eigenvalue weighted by Crippen LogP contribution is 2.12. The number of carbonyl (C=O) groups excluding carboxylic acids is 1. The standard InChI is InChI=1S/C11H20N2O5S/c1-3-11(15)12-4-6-13(2,7-5-12)8-10(14)9-19(16,17)18/h3,10,14H,1,4-9H2,2H3. The number of rotatable bonds is 5. The third-order valence-electron chi connectivity index (χ3n) is 3.35. The first-order valence-electron chi connectivity index (χ1n) is 6.02. The molecule has 1 heterocycles. The van der Waals surface area contributed by atoms with Gasteiger partial charge in [0.1, 0.15) is 12.6 Å². The molecule has 0 spiro atoms. The Balaban J connectivity index is 2.52. The molecule has 110 valence electrons. The molecule has 1 rings (SSSR count). The van der Waals surface area contributed by atoms with Gasteiger partial charge in [-0.15, -0.1) is 0 Å².